The molecule has 1 atom stereocenters. The van der Waals surface area contributed by atoms with Crippen LogP contribution in [0.15, 0.2) is 8.42 Å². The second kappa shape index (κ2) is 4.63. The molecule has 0 spiro atoms. The van der Waals surface area contributed by atoms with Crippen LogP contribution in [0.1, 0.15) is 6.92 Å². The zero-order valence-corrected chi connectivity index (χ0v) is 11.0. The number of ether oxygens (including phenoxy) is 1. The normalized spacial score (nSPS) is 21.5. The third-order valence-electron chi connectivity index (χ3n) is 1.46. The summed E-state index contributed by atoms with van der Waals surface area (Å²) in [5, 5.41) is 0. The Morgan fingerprint density at radius 3 is 3.00 bits per heavy atom. The zero-order chi connectivity index (χ0) is 9.26. The van der Waals surface area contributed by atoms with E-state index < -0.39 is 0 Å². The predicted molar refractivity (Wildman–Crippen MR) is 65.0 cm³/mol. The Bertz CT molecular complexity index is 341. The molecule has 1 nitrogen and oxygen atoms in total. The standard InChI is InChI=1S/C7H8OS5/c1-2-8-4-3-10-5-6(11-4)13-7(9)12-5/h4H,2-3H2,1H3/t4-/m0/s1. The van der Waals surface area contributed by atoms with Crippen LogP contribution in [0.25, 0.3) is 0 Å². The van der Waals surface area contributed by atoms with Gasteiger partial charge in [0.2, 0.25) is 0 Å². The molecule has 0 aromatic carbocycles. The summed E-state index contributed by atoms with van der Waals surface area (Å²) in [4.78, 5) is 0. The number of rotatable bonds is 2. The first kappa shape index (κ1) is 10.4. The molecule has 0 N–H and O–H groups in total. The van der Waals surface area contributed by atoms with Gasteiger partial charge in [-0.1, -0.05) is 24.0 Å². The van der Waals surface area contributed by atoms with Crippen molar-refractivity contribution in [3.8, 4) is 0 Å². The van der Waals surface area contributed by atoms with E-state index in [0.29, 0.717) is 5.44 Å². The van der Waals surface area contributed by atoms with Crippen molar-refractivity contribution in [1.29, 1.82) is 0 Å². The zero-order valence-electron chi connectivity index (χ0n) is 6.94. The van der Waals surface area contributed by atoms with Crippen molar-refractivity contribution in [1.82, 2.24) is 0 Å². The highest BCUT2D eigenvalue weighted by atomic mass is 32.2. The van der Waals surface area contributed by atoms with Crippen molar-refractivity contribution >= 4 is 58.4 Å². The van der Waals surface area contributed by atoms with E-state index in [4.69, 9.17) is 17.0 Å². The van der Waals surface area contributed by atoms with Gasteiger partial charge in [0.05, 0.1) is 8.42 Å². The molecule has 0 amide bonds. The summed E-state index contributed by atoms with van der Waals surface area (Å²) in [5.74, 6) is 1.05. The highest BCUT2D eigenvalue weighted by Gasteiger charge is 2.22. The van der Waals surface area contributed by atoms with Crippen LogP contribution in [0.3, 0.4) is 0 Å². The lowest BCUT2D eigenvalue weighted by molar-refractivity contribution is 0.140. The maximum atomic E-state index is 5.57. The van der Waals surface area contributed by atoms with E-state index in [0.717, 1.165) is 15.5 Å². The van der Waals surface area contributed by atoms with Gasteiger partial charge in [0.1, 0.15) is 8.57 Å². The molecule has 0 radical (unpaired) electrons. The maximum absolute atomic E-state index is 5.57. The minimum absolute atomic E-state index is 0.322. The Labute approximate surface area is 98.9 Å². The third-order valence-corrected chi connectivity index (χ3v) is 7.36. The molecule has 1 aromatic rings. The molecule has 1 aromatic heterocycles. The van der Waals surface area contributed by atoms with Gasteiger partial charge in [-0.3, -0.25) is 0 Å². The Kier molecular flexibility index (Phi) is 3.72. The molecule has 2 rings (SSSR count). The monoisotopic (exact) mass is 268 g/mol. The molecule has 0 aliphatic carbocycles. The highest BCUT2D eigenvalue weighted by molar-refractivity contribution is 8.08. The topological polar surface area (TPSA) is 9.23 Å². The largest absolute Gasteiger partial charge is 0.367 e. The summed E-state index contributed by atoms with van der Waals surface area (Å²) in [6.45, 7) is 2.83. The van der Waals surface area contributed by atoms with Crippen molar-refractivity contribution in [2.24, 2.45) is 0 Å². The summed E-state index contributed by atoms with van der Waals surface area (Å²) in [5.41, 5.74) is 0.322. The summed E-state index contributed by atoms with van der Waals surface area (Å²) >= 11 is 12.3. The second-order valence-electron chi connectivity index (χ2n) is 2.34. The van der Waals surface area contributed by atoms with Gasteiger partial charge in [-0.15, -0.1) is 34.4 Å². The molecular formula is C7H8OS5. The summed E-state index contributed by atoms with van der Waals surface area (Å²) in [6, 6.07) is 0. The number of hydrogen-bond donors (Lipinski definition) is 0. The van der Waals surface area contributed by atoms with Crippen molar-refractivity contribution in [3.05, 3.63) is 3.14 Å². The number of fused-ring (bicyclic) bond motifs is 1. The van der Waals surface area contributed by atoms with E-state index in [1.54, 1.807) is 22.7 Å². The van der Waals surface area contributed by atoms with E-state index in [2.05, 4.69) is 0 Å². The van der Waals surface area contributed by atoms with Crippen molar-refractivity contribution < 1.29 is 4.74 Å². The summed E-state index contributed by atoms with van der Waals surface area (Å²) < 4.78 is 9.33. The first-order chi connectivity index (χ1) is 6.29. The average Bonchev–Trinajstić information content (AvgIpc) is 2.44. The lowest BCUT2D eigenvalue weighted by atomic mass is 10.8. The van der Waals surface area contributed by atoms with Crippen molar-refractivity contribution in [2.45, 2.75) is 20.8 Å². The molecular weight excluding hydrogens is 260 g/mol. The van der Waals surface area contributed by atoms with Crippen LogP contribution in [0.5, 0.6) is 0 Å². The fraction of sp³-hybridized carbons (Fsp3) is 0.571. The molecule has 0 saturated heterocycles. The Morgan fingerprint density at radius 2 is 2.23 bits per heavy atom. The van der Waals surface area contributed by atoms with E-state index in [1.165, 1.54) is 8.42 Å². The molecule has 0 unspecified atom stereocenters. The quantitative estimate of drug-likeness (QED) is 0.746. The molecule has 6 heteroatoms. The van der Waals surface area contributed by atoms with Gasteiger partial charge in [0.25, 0.3) is 0 Å². The summed E-state index contributed by atoms with van der Waals surface area (Å²) in [7, 11) is 0. The number of thioether (sulfide) groups is 2. The second-order valence-corrected chi connectivity index (χ2v) is 8.28. The molecule has 13 heavy (non-hydrogen) atoms. The van der Waals surface area contributed by atoms with Crippen molar-refractivity contribution in [3.63, 3.8) is 0 Å². The van der Waals surface area contributed by atoms with Gasteiger partial charge in [0.15, 0.2) is 0 Å². The summed E-state index contributed by atoms with van der Waals surface area (Å²) in [6.07, 6.45) is 0. The van der Waals surface area contributed by atoms with Crippen LogP contribution in [0.2, 0.25) is 0 Å². The molecule has 0 saturated carbocycles. The van der Waals surface area contributed by atoms with E-state index in [-0.39, 0.29) is 0 Å². The molecule has 0 bridgehead atoms. The number of hydrogen-bond acceptors (Lipinski definition) is 6. The maximum Gasteiger partial charge on any atom is 0.145 e. The van der Waals surface area contributed by atoms with E-state index in [1.807, 2.05) is 30.4 Å². The first-order valence-corrected chi connectivity index (χ1v) is 7.75. The Hall–Kier alpha value is 0.930. The van der Waals surface area contributed by atoms with E-state index >= 15 is 0 Å². The van der Waals surface area contributed by atoms with E-state index in [9.17, 15) is 0 Å². The minimum atomic E-state index is 0.322. The van der Waals surface area contributed by atoms with Gasteiger partial charge >= 0.3 is 0 Å². The van der Waals surface area contributed by atoms with Gasteiger partial charge in [-0.2, -0.15) is 0 Å². The fourth-order valence-electron chi connectivity index (χ4n) is 0.981. The van der Waals surface area contributed by atoms with Gasteiger partial charge < -0.3 is 4.74 Å². The molecule has 1 aliphatic rings. The molecule has 2 heterocycles. The average molecular weight is 268 g/mol. The lowest BCUT2D eigenvalue weighted by Crippen LogP contribution is -2.13. The van der Waals surface area contributed by atoms with Gasteiger partial charge in [-0.25, -0.2) is 0 Å². The predicted octanol–water partition coefficient (Wildman–Crippen LogP) is 4.10. The Balaban J connectivity index is 2.14. The third kappa shape index (κ3) is 2.49. The Morgan fingerprint density at radius 1 is 1.46 bits per heavy atom. The van der Waals surface area contributed by atoms with Gasteiger partial charge in [-0.05, 0) is 6.92 Å². The van der Waals surface area contributed by atoms with Crippen LogP contribution in [0.4, 0.5) is 0 Å². The minimum Gasteiger partial charge on any atom is -0.367 e. The van der Waals surface area contributed by atoms with Crippen LogP contribution >= 0.6 is 58.4 Å². The van der Waals surface area contributed by atoms with Crippen molar-refractivity contribution in [2.75, 3.05) is 12.4 Å². The molecule has 1 aliphatic heterocycles. The van der Waals surface area contributed by atoms with Crippen LogP contribution in [0, 0.1) is 3.14 Å². The smallest absolute Gasteiger partial charge is 0.145 e. The van der Waals surface area contributed by atoms with Gasteiger partial charge in [0, 0.05) is 12.4 Å². The SMILES string of the molecule is CCO[C@@H]1CSc2sc(=S)sc2S1. The highest BCUT2D eigenvalue weighted by Crippen LogP contribution is 2.47. The first-order valence-electron chi connectivity index (χ1n) is 3.84. The lowest BCUT2D eigenvalue weighted by Gasteiger charge is -2.19. The van der Waals surface area contributed by atoms with Crippen LogP contribution < -0.4 is 0 Å². The fourth-order valence-corrected chi connectivity index (χ4v) is 7.36. The molecule has 72 valence electrons. The van der Waals surface area contributed by atoms with Crippen LogP contribution in [-0.2, 0) is 4.74 Å². The molecule has 0 fully saturated rings. The van der Waals surface area contributed by atoms with Crippen LogP contribution in [-0.4, -0.2) is 17.8 Å².